The van der Waals surface area contributed by atoms with Gasteiger partial charge in [-0.15, -0.1) is 0 Å². The zero-order valence-corrected chi connectivity index (χ0v) is 7.73. The van der Waals surface area contributed by atoms with E-state index >= 15 is 0 Å². The number of ether oxygens (including phenoxy) is 1. The minimum Gasteiger partial charge on any atom is -0.394 e. The van der Waals surface area contributed by atoms with E-state index in [-0.39, 0.29) is 18.3 Å². The van der Waals surface area contributed by atoms with E-state index in [1.165, 1.54) is 5.56 Å². The lowest BCUT2D eigenvalue weighted by molar-refractivity contribution is 0.236. The van der Waals surface area contributed by atoms with E-state index in [9.17, 15) is 0 Å². The molecule has 1 aliphatic rings. The fraction of sp³-hybridized carbons (Fsp3) is 0.455. The van der Waals surface area contributed by atoms with Crippen LogP contribution in [0.15, 0.2) is 30.3 Å². The van der Waals surface area contributed by atoms with Crippen molar-refractivity contribution in [3.05, 3.63) is 35.9 Å². The predicted molar refractivity (Wildman–Crippen MR) is 50.5 cm³/mol. The molecule has 1 aromatic rings. The summed E-state index contributed by atoms with van der Waals surface area (Å²) in [5.41, 5.74) is 1.14. The Morgan fingerprint density at radius 1 is 1.38 bits per heavy atom. The topological polar surface area (TPSA) is 32.8 Å². The summed E-state index contributed by atoms with van der Waals surface area (Å²) in [4.78, 5) is 0. The number of benzene rings is 1. The summed E-state index contributed by atoms with van der Waals surface area (Å²) in [6.45, 7) is 2.17. The maximum Gasteiger partial charge on any atom is 0.110 e. The Bertz CT molecular complexity index is 283. The Morgan fingerprint density at radius 2 is 2.08 bits per heavy atom. The lowest BCUT2D eigenvalue weighted by Crippen LogP contribution is -2.15. The third-order valence-corrected chi connectivity index (χ3v) is 2.60. The Morgan fingerprint density at radius 3 is 2.62 bits per heavy atom. The molecule has 0 aliphatic carbocycles. The minimum atomic E-state index is -0.129. The number of hydrogen-bond acceptors (Lipinski definition) is 2. The molecular formula is C11H14O2. The van der Waals surface area contributed by atoms with Crippen molar-refractivity contribution in [3.8, 4) is 0 Å². The normalized spacial score (nSPS) is 31.7. The number of rotatable bonds is 3. The van der Waals surface area contributed by atoms with Crippen LogP contribution in [-0.4, -0.2) is 23.4 Å². The molecule has 1 saturated heterocycles. The van der Waals surface area contributed by atoms with Gasteiger partial charge in [0.2, 0.25) is 0 Å². The van der Waals surface area contributed by atoms with E-state index < -0.39 is 0 Å². The van der Waals surface area contributed by atoms with Gasteiger partial charge in [0, 0.05) is 6.42 Å². The molecule has 0 unspecified atom stereocenters. The Balaban J connectivity index is 2.00. The van der Waals surface area contributed by atoms with E-state index in [0.717, 1.165) is 6.42 Å². The second-order valence-corrected chi connectivity index (χ2v) is 3.76. The highest BCUT2D eigenvalue weighted by Gasteiger charge is 2.51. The van der Waals surface area contributed by atoms with Crippen LogP contribution in [0.25, 0.3) is 0 Å². The van der Waals surface area contributed by atoms with Crippen LogP contribution < -0.4 is 0 Å². The highest BCUT2D eigenvalue weighted by Crippen LogP contribution is 2.38. The molecule has 0 saturated carbocycles. The van der Waals surface area contributed by atoms with Crippen molar-refractivity contribution >= 4 is 0 Å². The largest absolute Gasteiger partial charge is 0.394 e. The molecule has 1 heterocycles. The fourth-order valence-corrected chi connectivity index (χ4v) is 1.68. The van der Waals surface area contributed by atoms with Crippen LogP contribution in [0.1, 0.15) is 12.5 Å². The first-order valence-corrected chi connectivity index (χ1v) is 4.57. The third kappa shape index (κ3) is 1.74. The minimum absolute atomic E-state index is 0.0349. The van der Waals surface area contributed by atoms with E-state index in [2.05, 4.69) is 12.1 Å². The van der Waals surface area contributed by atoms with Gasteiger partial charge in [-0.3, -0.25) is 0 Å². The van der Waals surface area contributed by atoms with Gasteiger partial charge >= 0.3 is 0 Å². The summed E-state index contributed by atoms with van der Waals surface area (Å²) in [7, 11) is 0. The molecule has 13 heavy (non-hydrogen) atoms. The summed E-state index contributed by atoms with van der Waals surface area (Å²) in [6, 6.07) is 10.2. The van der Waals surface area contributed by atoms with Crippen molar-refractivity contribution in [3.63, 3.8) is 0 Å². The second kappa shape index (κ2) is 3.13. The van der Waals surface area contributed by atoms with Crippen molar-refractivity contribution in [1.29, 1.82) is 0 Å². The Labute approximate surface area is 78.2 Å². The average Bonchev–Trinajstić information content (AvgIpc) is 2.78. The fourth-order valence-electron chi connectivity index (χ4n) is 1.68. The summed E-state index contributed by atoms with van der Waals surface area (Å²) >= 11 is 0. The maximum absolute atomic E-state index is 8.89. The maximum atomic E-state index is 8.89. The van der Waals surface area contributed by atoms with Gasteiger partial charge in [0.05, 0.1) is 12.2 Å². The van der Waals surface area contributed by atoms with Gasteiger partial charge in [-0.05, 0) is 12.5 Å². The molecule has 1 N–H and O–H groups in total. The van der Waals surface area contributed by atoms with Crippen LogP contribution in [0.3, 0.4) is 0 Å². The third-order valence-electron chi connectivity index (χ3n) is 2.60. The van der Waals surface area contributed by atoms with Crippen LogP contribution in [0, 0.1) is 0 Å². The van der Waals surface area contributed by atoms with Crippen LogP contribution in [0.5, 0.6) is 0 Å². The van der Waals surface area contributed by atoms with E-state index in [1.54, 1.807) is 0 Å². The molecule has 0 amide bonds. The monoisotopic (exact) mass is 178 g/mol. The lowest BCUT2D eigenvalue weighted by Gasteiger charge is -2.05. The van der Waals surface area contributed by atoms with Crippen LogP contribution >= 0.6 is 0 Å². The van der Waals surface area contributed by atoms with Gasteiger partial charge in [-0.2, -0.15) is 0 Å². The smallest absolute Gasteiger partial charge is 0.110 e. The van der Waals surface area contributed by atoms with E-state index in [0.29, 0.717) is 0 Å². The Kier molecular flexibility index (Phi) is 2.10. The van der Waals surface area contributed by atoms with Crippen molar-refractivity contribution in [2.45, 2.75) is 25.0 Å². The molecule has 70 valence electrons. The summed E-state index contributed by atoms with van der Waals surface area (Å²) in [6.07, 6.45) is 0.923. The highest BCUT2D eigenvalue weighted by atomic mass is 16.6. The molecule has 2 heteroatoms. The molecule has 0 spiro atoms. The number of epoxide rings is 1. The van der Waals surface area contributed by atoms with Crippen molar-refractivity contribution in [2.24, 2.45) is 0 Å². The molecular weight excluding hydrogens is 164 g/mol. The zero-order valence-electron chi connectivity index (χ0n) is 7.73. The lowest BCUT2D eigenvalue weighted by atomic mass is 9.98. The van der Waals surface area contributed by atoms with Crippen LogP contribution in [-0.2, 0) is 11.2 Å². The van der Waals surface area contributed by atoms with Crippen molar-refractivity contribution in [2.75, 3.05) is 6.61 Å². The standard InChI is InChI=1S/C11H14O2/c1-11(10(8-12)13-11)7-9-5-3-2-4-6-9/h2-6,10,12H,7-8H2,1H3/t10-,11+/m1/s1. The molecule has 2 nitrogen and oxygen atoms in total. The van der Waals surface area contributed by atoms with Crippen LogP contribution in [0.2, 0.25) is 0 Å². The SMILES string of the molecule is C[C@@]1(Cc2ccccc2)O[C@@H]1CO. The van der Waals surface area contributed by atoms with E-state index in [4.69, 9.17) is 9.84 Å². The molecule has 1 aliphatic heterocycles. The van der Waals surface area contributed by atoms with Crippen LogP contribution in [0.4, 0.5) is 0 Å². The number of aliphatic hydroxyl groups excluding tert-OH is 1. The molecule has 0 radical (unpaired) electrons. The molecule has 2 rings (SSSR count). The van der Waals surface area contributed by atoms with Gasteiger partial charge in [0.1, 0.15) is 6.10 Å². The summed E-state index contributed by atoms with van der Waals surface area (Å²) in [5.74, 6) is 0. The molecule has 1 fully saturated rings. The first-order chi connectivity index (χ1) is 6.24. The van der Waals surface area contributed by atoms with Gasteiger partial charge in [-0.25, -0.2) is 0 Å². The quantitative estimate of drug-likeness (QED) is 0.709. The summed E-state index contributed by atoms with van der Waals surface area (Å²) < 4.78 is 5.41. The van der Waals surface area contributed by atoms with Gasteiger partial charge in [-0.1, -0.05) is 30.3 Å². The molecule has 2 atom stereocenters. The predicted octanol–water partition coefficient (Wildman–Crippen LogP) is 1.38. The number of aliphatic hydroxyl groups is 1. The first kappa shape index (κ1) is 8.73. The second-order valence-electron chi connectivity index (χ2n) is 3.76. The Hall–Kier alpha value is -0.860. The van der Waals surface area contributed by atoms with E-state index in [1.807, 2.05) is 25.1 Å². The van der Waals surface area contributed by atoms with Gasteiger partial charge in [0.15, 0.2) is 0 Å². The highest BCUT2D eigenvalue weighted by molar-refractivity contribution is 5.19. The zero-order chi connectivity index (χ0) is 9.31. The molecule has 0 bridgehead atoms. The van der Waals surface area contributed by atoms with Gasteiger partial charge in [0.25, 0.3) is 0 Å². The molecule has 0 aromatic heterocycles. The first-order valence-electron chi connectivity index (χ1n) is 4.57. The molecule has 1 aromatic carbocycles. The van der Waals surface area contributed by atoms with Gasteiger partial charge < -0.3 is 9.84 Å². The van der Waals surface area contributed by atoms with Crippen molar-refractivity contribution in [1.82, 2.24) is 0 Å². The van der Waals surface area contributed by atoms with Crippen molar-refractivity contribution < 1.29 is 9.84 Å². The number of hydrogen-bond donors (Lipinski definition) is 1. The summed E-state index contributed by atoms with van der Waals surface area (Å²) in [5, 5.41) is 8.89. The average molecular weight is 178 g/mol.